The largest absolute Gasteiger partial charge is 0.313 e. The normalized spacial score (nSPS) is 17.0. The molecule has 0 unspecified atom stereocenters. The van der Waals surface area contributed by atoms with Crippen molar-refractivity contribution in [1.29, 1.82) is 0 Å². The van der Waals surface area contributed by atoms with E-state index in [1.165, 1.54) is 6.42 Å². The first-order valence-electron chi connectivity index (χ1n) is 7.94. The van der Waals surface area contributed by atoms with E-state index in [0.717, 1.165) is 44.2 Å². The molecule has 4 nitrogen and oxygen atoms in total. The Morgan fingerprint density at radius 1 is 1.14 bits per heavy atom. The molecule has 2 rings (SSSR count). The molecule has 0 radical (unpaired) electrons. The number of sulfonamides is 1. The van der Waals surface area contributed by atoms with Gasteiger partial charge in [-0.15, -0.1) is 0 Å². The van der Waals surface area contributed by atoms with Gasteiger partial charge in [-0.2, -0.15) is 0 Å². The lowest BCUT2D eigenvalue weighted by Gasteiger charge is -2.23. The quantitative estimate of drug-likeness (QED) is 0.761. The van der Waals surface area contributed by atoms with Crippen LogP contribution in [0.5, 0.6) is 0 Å². The zero-order valence-corrected chi connectivity index (χ0v) is 13.6. The zero-order chi connectivity index (χ0) is 15.1. The van der Waals surface area contributed by atoms with Crippen LogP contribution in [0.2, 0.25) is 0 Å². The van der Waals surface area contributed by atoms with Gasteiger partial charge in [0.15, 0.2) is 0 Å². The van der Waals surface area contributed by atoms with Crippen LogP contribution in [-0.4, -0.2) is 21.0 Å². The first-order chi connectivity index (χ1) is 10.1. The van der Waals surface area contributed by atoms with E-state index >= 15 is 0 Å². The molecule has 0 atom stereocenters. The number of hydrogen-bond acceptors (Lipinski definition) is 3. The van der Waals surface area contributed by atoms with Gasteiger partial charge in [0.1, 0.15) is 0 Å². The Morgan fingerprint density at radius 3 is 2.57 bits per heavy atom. The molecule has 1 fully saturated rings. The minimum Gasteiger partial charge on any atom is -0.313 e. The van der Waals surface area contributed by atoms with Crippen molar-refractivity contribution in [3.05, 3.63) is 29.8 Å². The summed E-state index contributed by atoms with van der Waals surface area (Å²) in [5.41, 5.74) is 0.842. The predicted molar refractivity (Wildman–Crippen MR) is 85.6 cm³/mol. The summed E-state index contributed by atoms with van der Waals surface area (Å²) < 4.78 is 28.1. The molecule has 1 aliphatic rings. The van der Waals surface area contributed by atoms with Gasteiger partial charge in [-0.05, 0) is 37.4 Å². The van der Waals surface area contributed by atoms with Crippen LogP contribution in [0.15, 0.2) is 29.2 Å². The molecular formula is C16H26N2O2S. The fraction of sp³-hybridized carbons (Fsp3) is 0.625. The highest BCUT2D eigenvalue weighted by molar-refractivity contribution is 7.89. The fourth-order valence-electron chi connectivity index (χ4n) is 2.82. The molecule has 0 bridgehead atoms. The minimum absolute atomic E-state index is 0.0976. The van der Waals surface area contributed by atoms with Gasteiger partial charge < -0.3 is 5.32 Å². The number of nitrogens with one attached hydrogen (secondary N) is 2. The predicted octanol–water partition coefficient (Wildman–Crippen LogP) is 2.80. The van der Waals surface area contributed by atoms with Crippen LogP contribution in [0, 0.1) is 0 Å². The van der Waals surface area contributed by atoms with Crippen LogP contribution < -0.4 is 10.0 Å². The smallest absolute Gasteiger partial charge is 0.241 e. The topological polar surface area (TPSA) is 58.2 Å². The van der Waals surface area contributed by atoms with E-state index in [1.54, 1.807) is 12.1 Å². The molecule has 1 aromatic rings. The summed E-state index contributed by atoms with van der Waals surface area (Å²) >= 11 is 0. The summed E-state index contributed by atoms with van der Waals surface area (Å²) in [5, 5.41) is 3.28. The Balaban J connectivity index is 2.10. The van der Waals surface area contributed by atoms with Crippen molar-refractivity contribution in [3.63, 3.8) is 0 Å². The maximum Gasteiger partial charge on any atom is 0.241 e. The van der Waals surface area contributed by atoms with Gasteiger partial charge in [0.25, 0.3) is 0 Å². The monoisotopic (exact) mass is 310 g/mol. The first kappa shape index (κ1) is 16.5. The summed E-state index contributed by atoms with van der Waals surface area (Å²) in [6, 6.07) is 7.37. The van der Waals surface area contributed by atoms with Crippen molar-refractivity contribution in [2.45, 2.75) is 62.9 Å². The van der Waals surface area contributed by atoms with Crippen molar-refractivity contribution in [2.75, 3.05) is 6.54 Å². The van der Waals surface area contributed by atoms with Crippen molar-refractivity contribution in [3.8, 4) is 0 Å². The molecule has 0 saturated heterocycles. The van der Waals surface area contributed by atoms with Crippen molar-refractivity contribution in [2.24, 2.45) is 0 Å². The van der Waals surface area contributed by atoms with Crippen LogP contribution in [-0.2, 0) is 16.6 Å². The zero-order valence-electron chi connectivity index (χ0n) is 12.8. The molecule has 1 aliphatic carbocycles. The number of benzene rings is 1. The summed E-state index contributed by atoms with van der Waals surface area (Å²) in [7, 11) is -3.42. The molecule has 0 amide bonds. The van der Waals surface area contributed by atoms with E-state index in [2.05, 4.69) is 17.0 Å². The van der Waals surface area contributed by atoms with Gasteiger partial charge in [0.05, 0.1) is 4.90 Å². The number of hydrogen-bond donors (Lipinski definition) is 2. The maximum absolute atomic E-state index is 12.6. The maximum atomic E-state index is 12.6. The summed E-state index contributed by atoms with van der Waals surface area (Å²) in [6.07, 6.45) is 6.40. The minimum atomic E-state index is -3.42. The molecule has 2 N–H and O–H groups in total. The molecule has 118 valence electrons. The van der Waals surface area contributed by atoms with E-state index in [0.29, 0.717) is 11.4 Å². The second-order valence-corrected chi connectivity index (χ2v) is 7.42. The Labute approximate surface area is 128 Å². The molecule has 1 aromatic carbocycles. The van der Waals surface area contributed by atoms with Gasteiger partial charge in [0.2, 0.25) is 10.0 Å². The molecule has 5 heteroatoms. The van der Waals surface area contributed by atoms with Crippen molar-refractivity contribution < 1.29 is 8.42 Å². The standard InChI is InChI=1S/C16H26N2O2S/c1-2-12-17-13-14-8-6-7-11-16(14)21(19,20)18-15-9-4-3-5-10-15/h6-8,11,15,17-18H,2-5,9-10,12-13H2,1H3. The van der Waals surface area contributed by atoms with Crippen LogP contribution in [0.4, 0.5) is 0 Å². The highest BCUT2D eigenvalue weighted by Crippen LogP contribution is 2.21. The molecule has 0 aliphatic heterocycles. The highest BCUT2D eigenvalue weighted by Gasteiger charge is 2.23. The third kappa shape index (κ3) is 4.80. The average molecular weight is 310 g/mol. The van der Waals surface area contributed by atoms with Gasteiger partial charge in [-0.3, -0.25) is 0 Å². The van der Waals surface area contributed by atoms with Crippen molar-refractivity contribution >= 4 is 10.0 Å². The lowest BCUT2D eigenvalue weighted by molar-refractivity contribution is 0.412. The van der Waals surface area contributed by atoms with E-state index in [-0.39, 0.29) is 6.04 Å². The summed E-state index contributed by atoms with van der Waals surface area (Å²) in [5.74, 6) is 0. The third-order valence-electron chi connectivity index (χ3n) is 3.93. The second-order valence-electron chi connectivity index (χ2n) is 5.74. The van der Waals surface area contributed by atoms with E-state index in [4.69, 9.17) is 0 Å². The molecule has 21 heavy (non-hydrogen) atoms. The highest BCUT2D eigenvalue weighted by atomic mass is 32.2. The van der Waals surface area contributed by atoms with Crippen LogP contribution >= 0.6 is 0 Å². The Hall–Kier alpha value is -0.910. The Morgan fingerprint density at radius 2 is 1.86 bits per heavy atom. The average Bonchev–Trinajstić information content (AvgIpc) is 2.48. The van der Waals surface area contributed by atoms with Gasteiger partial charge >= 0.3 is 0 Å². The van der Waals surface area contributed by atoms with Crippen LogP contribution in [0.3, 0.4) is 0 Å². The SMILES string of the molecule is CCCNCc1ccccc1S(=O)(=O)NC1CCCCC1. The van der Waals surface area contributed by atoms with Crippen LogP contribution in [0.1, 0.15) is 51.0 Å². The van der Waals surface area contributed by atoms with E-state index < -0.39 is 10.0 Å². The molecule has 0 heterocycles. The van der Waals surface area contributed by atoms with Crippen LogP contribution in [0.25, 0.3) is 0 Å². The first-order valence-corrected chi connectivity index (χ1v) is 9.43. The Bertz CT molecular complexity index is 537. The van der Waals surface area contributed by atoms with E-state index in [9.17, 15) is 8.42 Å². The van der Waals surface area contributed by atoms with Gasteiger partial charge in [-0.25, -0.2) is 13.1 Å². The fourth-order valence-corrected chi connectivity index (χ4v) is 4.36. The Kier molecular flexibility index (Phi) is 6.21. The lowest BCUT2D eigenvalue weighted by Crippen LogP contribution is -2.36. The third-order valence-corrected chi connectivity index (χ3v) is 5.55. The van der Waals surface area contributed by atoms with Gasteiger partial charge in [-0.1, -0.05) is 44.4 Å². The summed E-state index contributed by atoms with van der Waals surface area (Å²) in [6.45, 7) is 3.58. The second kappa shape index (κ2) is 7.92. The number of rotatable bonds is 7. The van der Waals surface area contributed by atoms with Gasteiger partial charge in [0, 0.05) is 12.6 Å². The lowest BCUT2D eigenvalue weighted by atomic mass is 9.96. The molecule has 1 saturated carbocycles. The van der Waals surface area contributed by atoms with E-state index in [1.807, 2.05) is 12.1 Å². The van der Waals surface area contributed by atoms with Crippen molar-refractivity contribution in [1.82, 2.24) is 10.0 Å². The summed E-state index contributed by atoms with van der Waals surface area (Å²) in [4.78, 5) is 0.416. The molecular weight excluding hydrogens is 284 g/mol. The molecule has 0 aromatic heterocycles. The molecule has 0 spiro atoms.